The van der Waals surface area contributed by atoms with E-state index in [4.69, 9.17) is 0 Å². The van der Waals surface area contributed by atoms with Crippen LogP contribution in [0.2, 0.25) is 0 Å². The number of fused-ring (bicyclic) bond motifs is 2. The molecule has 0 aliphatic carbocycles. The predicted molar refractivity (Wildman–Crippen MR) is 98.2 cm³/mol. The van der Waals surface area contributed by atoms with Gasteiger partial charge in [-0.15, -0.1) is 11.3 Å². The van der Waals surface area contributed by atoms with Crippen LogP contribution in [0.25, 0.3) is 0 Å². The van der Waals surface area contributed by atoms with Gasteiger partial charge in [0, 0.05) is 18.1 Å². The number of piperidine rings is 1. The second-order valence-electron chi connectivity index (χ2n) is 6.34. The number of rotatable bonds is 3. The summed E-state index contributed by atoms with van der Waals surface area (Å²) in [7, 11) is 0. The number of carbonyl (C=O) groups excluding carboxylic acids is 3. The van der Waals surface area contributed by atoms with Gasteiger partial charge in [0.25, 0.3) is 5.91 Å². The summed E-state index contributed by atoms with van der Waals surface area (Å²) in [5.74, 6) is -0.668. The molecular formula is C18H18N4O3S. The van der Waals surface area contributed by atoms with Gasteiger partial charge in [-0.05, 0) is 31.4 Å². The highest BCUT2D eigenvalue weighted by Gasteiger charge is 2.40. The average molecular weight is 370 g/mol. The van der Waals surface area contributed by atoms with E-state index in [-0.39, 0.29) is 24.3 Å². The van der Waals surface area contributed by atoms with Crippen LogP contribution in [-0.4, -0.2) is 46.7 Å². The van der Waals surface area contributed by atoms with Crippen LogP contribution in [-0.2, 0) is 9.59 Å². The van der Waals surface area contributed by atoms with E-state index >= 15 is 0 Å². The molecule has 2 aliphatic heterocycles. The van der Waals surface area contributed by atoms with Crippen molar-refractivity contribution in [3.8, 4) is 0 Å². The molecule has 1 atom stereocenters. The molecular weight excluding hydrogens is 352 g/mol. The highest BCUT2D eigenvalue weighted by atomic mass is 32.1. The molecule has 3 amide bonds. The van der Waals surface area contributed by atoms with Gasteiger partial charge in [-0.1, -0.05) is 12.1 Å². The van der Waals surface area contributed by atoms with Crippen molar-refractivity contribution in [2.75, 3.05) is 23.3 Å². The van der Waals surface area contributed by atoms with Gasteiger partial charge in [0.05, 0.1) is 11.3 Å². The maximum atomic E-state index is 13.2. The number of amides is 3. The molecule has 1 aromatic heterocycles. The van der Waals surface area contributed by atoms with Crippen molar-refractivity contribution in [2.45, 2.75) is 25.3 Å². The number of anilines is 2. The van der Waals surface area contributed by atoms with E-state index < -0.39 is 6.04 Å². The molecule has 134 valence electrons. The van der Waals surface area contributed by atoms with Crippen LogP contribution in [0.3, 0.4) is 0 Å². The van der Waals surface area contributed by atoms with Crippen molar-refractivity contribution < 1.29 is 14.4 Å². The van der Waals surface area contributed by atoms with Crippen LogP contribution in [0.15, 0.2) is 35.8 Å². The first-order valence-electron chi connectivity index (χ1n) is 8.56. The van der Waals surface area contributed by atoms with E-state index in [0.717, 1.165) is 12.8 Å². The summed E-state index contributed by atoms with van der Waals surface area (Å²) >= 11 is 1.31. The molecule has 3 heterocycles. The van der Waals surface area contributed by atoms with Gasteiger partial charge in [-0.25, -0.2) is 4.98 Å². The number of carbonyl (C=O) groups is 3. The van der Waals surface area contributed by atoms with E-state index in [1.54, 1.807) is 40.7 Å². The quantitative estimate of drug-likeness (QED) is 0.897. The van der Waals surface area contributed by atoms with Crippen LogP contribution in [0.5, 0.6) is 0 Å². The number of thiazole rings is 1. The summed E-state index contributed by atoms with van der Waals surface area (Å²) in [6.45, 7) is 0.426. The maximum Gasteiger partial charge on any atom is 0.256 e. The van der Waals surface area contributed by atoms with Crippen molar-refractivity contribution in [1.29, 1.82) is 0 Å². The Morgan fingerprint density at radius 3 is 2.92 bits per heavy atom. The molecule has 1 aromatic carbocycles. The summed E-state index contributed by atoms with van der Waals surface area (Å²) in [6.07, 6.45) is 4.02. The third kappa shape index (κ3) is 2.96. The molecule has 1 N–H and O–H groups in total. The fourth-order valence-corrected chi connectivity index (χ4v) is 4.07. The zero-order valence-corrected chi connectivity index (χ0v) is 14.9. The lowest BCUT2D eigenvalue weighted by molar-refractivity contribution is -0.125. The number of hydrogen-bond acceptors (Lipinski definition) is 5. The van der Waals surface area contributed by atoms with E-state index in [0.29, 0.717) is 29.3 Å². The van der Waals surface area contributed by atoms with Crippen molar-refractivity contribution in [3.63, 3.8) is 0 Å². The molecule has 0 unspecified atom stereocenters. The lowest BCUT2D eigenvalue weighted by Crippen LogP contribution is -2.52. The molecule has 1 fully saturated rings. The fourth-order valence-electron chi connectivity index (χ4n) is 3.53. The first-order valence-corrected chi connectivity index (χ1v) is 9.44. The minimum absolute atomic E-state index is 0.138. The van der Waals surface area contributed by atoms with Gasteiger partial charge in [0.1, 0.15) is 12.6 Å². The Kier molecular flexibility index (Phi) is 4.42. The Balaban J connectivity index is 1.67. The summed E-state index contributed by atoms with van der Waals surface area (Å²) in [4.78, 5) is 45.7. The molecule has 0 spiro atoms. The summed E-state index contributed by atoms with van der Waals surface area (Å²) in [6, 6.07) is 6.49. The predicted octanol–water partition coefficient (Wildman–Crippen LogP) is 2.12. The molecule has 2 aromatic rings. The van der Waals surface area contributed by atoms with E-state index in [9.17, 15) is 14.4 Å². The molecule has 7 nitrogen and oxygen atoms in total. The Hall–Kier alpha value is -2.74. The minimum atomic E-state index is -0.503. The summed E-state index contributed by atoms with van der Waals surface area (Å²) < 4.78 is 0. The monoisotopic (exact) mass is 370 g/mol. The molecule has 26 heavy (non-hydrogen) atoms. The van der Waals surface area contributed by atoms with Crippen LogP contribution in [0.4, 0.5) is 10.8 Å². The normalized spacial score (nSPS) is 19.6. The van der Waals surface area contributed by atoms with Gasteiger partial charge in [0.15, 0.2) is 5.13 Å². The third-order valence-corrected chi connectivity index (χ3v) is 5.41. The standard InChI is InChI=1S/C18H18N4O3S/c23-15(20-18-19-8-10-26-18)11-22-13-6-2-1-5-12(13)16(24)21-9-4-3-7-14(21)17(22)25/h1-2,5-6,8,10,14H,3-4,7,9,11H2,(H,19,20,23)/t14-/m0/s1. The third-order valence-electron chi connectivity index (χ3n) is 4.72. The lowest BCUT2D eigenvalue weighted by Gasteiger charge is -2.34. The largest absolute Gasteiger partial charge is 0.327 e. The second-order valence-corrected chi connectivity index (χ2v) is 7.23. The van der Waals surface area contributed by atoms with E-state index in [2.05, 4.69) is 10.3 Å². The molecule has 2 aliphatic rings. The van der Waals surface area contributed by atoms with Gasteiger partial charge < -0.3 is 15.1 Å². The Morgan fingerprint density at radius 2 is 2.12 bits per heavy atom. The summed E-state index contributed by atoms with van der Waals surface area (Å²) in [5, 5.41) is 4.95. The Bertz CT molecular complexity index is 852. The SMILES string of the molecule is O=C(CN1C(=O)[C@@H]2CCCCN2C(=O)c2ccccc21)Nc1nccs1. The first kappa shape index (κ1) is 16.7. The van der Waals surface area contributed by atoms with Gasteiger partial charge >= 0.3 is 0 Å². The van der Waals surface area contributed by atoms with Crippen LogP contribution in [0, 0.1) is 0 Å². The van der Waals surface area contributed by atoms with Crippen LogP contribution in [0.1, 0.15) is 29.6 Å². The highest BCUT2D eigenvalue weighted by molar-refractivity contribution is 7.13. The zero-order chi connectivity index (χ0) is 18.1. The second kappa shape index (κ2) is 6.87. The number of nitrogens with zero attached hydrogens (tertiary/aromatic N) is 3. The topological polar surface area (TPSA) is 82.6 Å². The minimum Gasteiger partial charge on any atom is -0.327 e. The van der Waals surface area contributed by atoms with E-state index in [1.807, 2.05) is 0 Å². The molecule has 4 rings (SSSR count). The number of nitrogens with one attached hydrogen (secondary N) is 1. The Morgan fingerprint density at radius 1 is 1.27 bits per heavy atom. The van der Waals surface area contributed by atoms with Crippen molar-refractivity contribution in [3.05, 3.63) is 41.4 Å². The molecule has 1 saturated heterocycles. The number of benzene rings is 1. The molecule has 0 saturated carbocycles. The van der Waals surface area contributed by atoms with Gasteiger partial charge in [-0.3, -0.25) is 14.4 Å². The van der Waals surface area contributed by atoms with Crippen LogP contribution < -0.4 is 10.2 Å². The lowest BCUT2D eigenvalue weighted by atomic mass is 10.0. The molecule has 0 bridgehead atoms. The van der Waals surface area contributed by atoms with Crippen molar-refractivity contribution in [1.82, 2.24) is 9.88 Å². The van der Waals surface area contributed by atoms with Gasteiger partial charge in [-0.2, -0.15) is 0 Å². The fraction of sp³-hybridized carbons (Fsp3) is 0.333. The first-order chi connectivity index (χ1) is 12.6. The highest BCUT2D eigenvalue weighted by Crippen LogP contribution is 2.31. The molecule has 8 heteroatoms. The van der Waals surface area contributed by atoms with Crippen molar-refractivity contribution >= 4 is 39.9 Å². The number of para-hydroxylation sites is 1. The van der Waals surface area contributed by atoms with E-state index in [1.165, 1.54) is 16.2 Å². The van der Waals surface area contributed by atoms with Crippen LogP contribution >= 0.6 is 11.3 Å². The maximum absolute atomic E-state index is 13.2. The van der Waals surface area contributed by atoms with Gasteiger partial charge in [0.2, 0.25) is 11.8 Å². The Labute approximate surface area is 154 Å². The zero-order valence-electron chi connectivity index (χ0n) is 14.1. The average Bonchev–Trinajstić information content (AvgIpc) is 3.15. The number of aromatic nitrogens is 1. The smallest absolute Gasteiger partial charge is 0.256 e. The van der Waals surface area contributed by atoms with Crippen molar-refractivity contribution in [2.24, 2.45) is 0 Å². The molecule has 0 radical (unpaired) electrons. The number of hydrogen-bond donors (Lipinski definition) is 1. The summed E-state index contributed by atoms with van der Waals surface area (Å²) in [5.41, 5.74) is 0.957.